The van der Waals surface area contributed by atoms with E-state index < -0.39 is 0 Å². The standard InChI is InChI=1S/C5H12FN2/c1-8(4-2-6)5-3-7/h1-5,7H2/q+1. The van der Waals surface area contributed by atoms with E-state index in [0.29, 0.717) is 19.6 Å². The molecular formula is C5H12FN2+. The summed E-state index contributed by atoms with van der Waals surface area (Å²) in [6, 6.07) is 0. The van der Waals surface area contributed by atoms with Crippen LogP contribution in [0.15, 0.2) is 0 Å². The van der Waals surface area contributed by atoms with E-state index in [0.717, 1.165) is 0 Å². The summed E-state index contributed by atoms with van der Waals surface area (Å²) in [7, 11) is 0. The van der Waals surface area contributed by atoms with Gasteiger partial charge in [-0.3, -0.25) is 0 Å². The minimum absolute atomic E-state index is 0.344. The van der Waals surface area contributed by atoms with E-state index in [9.17, 15) is 4.39 Å². The Morgan fingerprint density at radius 3 is 2.50 bits per heavy atom. The van der Waals surface area contributed by atoms with Crippen LogP contribution in [-0.2, 0) is 0 Å². The molecule has 0 atom stereocenters. The van der Waals surface area contributed by atoms with Gasteiger partial charge in [-0.25, -0.2) is 8.97 Å². The molecule has 0 aromatic rings. The van der Waals surface area contributed by atoms with E-state index in [4.69, 9.17) is 5.73 Å². The molecule has 3 heteroatoms. The fourth-order valence-electron chi connectivity index (χ4n) is 0.414. The van der Waals surface area contributed by atoms with Crippen LogP contribution in [0.25, 0.3) is 0 Å². The lowest BCUT2D eigenvalue weighted by Gasteiger charge is -1.93. The van der Waals surface area contributed by atoms with Crippen molar-refractivity contribution < 1.29 is 8.97 Å². The summed E-state index contributed by atoms with van der Waals surface area (Å²) in [4.78, 5) is 0. The summed E-state index contributed by atoms with van der Waals surface area (Å²) in [5.41, 5.74) is 5.16. The molecule has 8 heavy (non-hydrogen) atoms. The maximum absolute atomic E-state index is 11.4. The molecule has 0 aliphatic rings. The van der Waals surface area contributed by atoms with Gasteiger partial charge in [-0.1, -0.05) is 0 Å². The van der Waals surface area contributed by atoms with Crippen LogP contribution in [0.4, 0.5) is 4.39 Å². The first kappa shape index (κ1) is 7.56. The fourth-order valence-corrected chi connectivity index (χ4v) is 0.414. The molecule has 0 saturated heterocycles. The van der Waals surface area contributed by atoms with Crippen LogP contribution in [0.5, 0.6) is 0 Å². The molecule has 0 aliphatic carbocycles. The maximum atomic E-state index is 11.4. The first-order chi connectivity index (χ1) is 3.81. The molecule has 0 aliphatic heterocycles. The second-order valence-corrected chi connectivity index (χ2v) is 1.60. The highest BCUT2D eigenvalue weighted by atomic mass is 19.1. The summed E-state index contributed by atoms with van der Waals surface area (Å²) in [5.74, 6) is 0. The lowest BCUT2D eigenvalue weighted by atomic mass is 10.6. The number of nitrogens with zero attached hydrogens (tertiary/aromatic N) is 1. The summed E-state index contributed by atoms with van der Waals surface area (Å²) >= 11 is 0. The van der Waals surface area contributed by atoms with Crippen molar-refractivity contribution in [2.45, 2.75) is 0 Å². The predicted octanol–water partition coefficient (Wildman–Crippen LogP) is -0.372. The zero-order valence-corrected chi connectivity index (χ0v) is 4.94. The van der Waals surface area contributed by atoms with E-state index in [-0.39, 0.29) is 6.67 Å². The Bertz CT molecular complexity index is 64.8. The van der Waals surface area contributed by atoms with Crippen LogP contribution in [0.1, 0.15) is 0 Å². The van der Waals surface area contributed by atoms with Crippen LogP contribution in [0.2, 0.25) is 0 Å². The van der Waals surface area contributed by atoms with Crippen LogP contribution < -0.4 is 5.73 Å². The van der Waals surface area contributed by atoms with Crippen LogP contribution in [0.3, 0.4) is 0 Å². The minimum Gasteiger partial charge on any atom is -0.325 e. The van der Waals surface area contributed by atoms with Crippen molar-refractivity contribution in [3.8, 4) is 0 Å². The second-order valence-electron chi connectivity index (χ2n) is 1.60. The van der Waals surface area contributed by atoms with Gasteiger partial charge in [0.25, 0.3) is 0 Å². The molecule has 0 heterocycles. The third-order valence-electron chi connectivity index (χ3n) is 0.846. The topological polar surface area (TPSA) is 29.0 Å². The van der Waals surface area contributed by atoms with Gasteiger partial charge in [-0.2, -0.15) is 0 Å². The molecule has 0 rings (SSSR count). The number of hydrogen-bond donors (Lipinski definition) is 1. The van der Waals surface area contributed by atoms with Gasteiger partial charge in [0.1, 0.15) is 13.4 Å². The largest absolute Gasteiger partial charge is 0.325 e. The quantitative estimate of drug-likeness (QED) is 0.397. The van der Waals surface area contributed by atoms with Crippen molar-refractivity contribution in [2.24, 2.45) is 5.73 Å². The molecule has 2 nitrogen and oxygen atoms in total. The molecule has 0 spiro atoms. The maximum Gasteiger partial charge on any atom is 0.170 e. The highest BCUT2D eigenvalue weighted by Crippen LogP contribution is 1.70. The number of alkyl halides is 1. The zero-order valence-electron chi connectivity index (χ0n) is 4.94. The van der Waals surface area contributed by atoms with Gasteiger partial charge >= 0.3 is 0 Å². The summed E-state index contributed by atoms with van der Waals surface area (Å²) < 4.78 is 13.1. The molecule has 0 fully saturated rings. The van der Waals surface area contributed by atoms with E-state index in [1.165, 1.54) is 0 Å². The third-order valence-corrected chi connectivity index (χ3v) is 0.846. The van der Waals surface area contributed by atoms with E-state index in [2.05, 4.69) is 6.72 Å². The van der Waals surface area contributed by atoms with Gasteiger partial charge in [-0.15, -0.1) is 0 Å². The van der Waals surface area contributed by atoms with Gasteiger partial charge in [0.2, 0.25) is 0 Å². The molecule has 0 aromatic heterocycles. The summed E-state index contributed by atoms with van der Waals surface area (Å²) in [5, 5.41) is 0. The van der Waals surface area contributed by atoms with Crippen molar-refractivity contribution in [1.82, 2.24) is 0 Å². The van der Waals surface area contributed by atoms with Gasteiger partial charge in [0.15, 0.2) is 13.1 Å². The molecule has 0 amide bonds. The second kappa shape index (κ2) is 4.71. The Morgan fingerprint density at radius 1 is 1.50 bits per heavy atom. The van der Waals surface area contributed by atoms with E-state index in [1.54, 1.807) is 4.58 Å². The molecule has 0 unspecified atom stereocenters. The summed E-state index contributed by atoms with van der Waals surface area (Å²) in [6.45, 7) is 4.79. The van der Waals surface area contributed by atoms with Gasteiger partial charge in [-0.05, 0) is 0 Å². The normalized spacial score (nSPS) is 9.25. The zero-order chi connectivity index (χ0) is 6.41. The Hall–Kier alpha value is -0.440. The lowest BCUT2D eigenvalue weighted by molar-refractivity contribution is -0.517. The van der Waals surface area contributed by atoms with Gasteiger partial charge in [0.05, 0.1) is 6.54 Å². The molecule has 0 aromatic carbocycles. The first-order valence-corrected chi connectivity index (χ1v) is 2.62. The average molecular weight is 119 g/mol. The molecule has 2 N–H and O–H groups in total. The smallest absolute Gasteiger partial charge is 0.170 e. The highest BCUT2D eigenvalue weighted by Gasteiger charge is 1.94. The van der Waals surface area contributed by atoms with Gasteiger partial charge < -0.3 is 5.73 Å². The first-order valence-electron chi connectivity index (χ1n) is 2.62. The van der Waals surface area contributed by atoms with Crippen molar-refractivity contribution >= 4 is 6.72 Å². The highest BCUT2D eigenvalue weighted by molar-refractivity contribution is 5.14. The van der Waals surface area contributed by atoms with Crippen molar-refractivity contribution in [1.29, 1.82) is 0 Å². The SMILES string of the molecule is C=[N+](CCN)CCF. The molecule has 0 radical (unpaired) electrons. The number of halogens is 1. The van der Waals surface area contributed by atoms with Crippen LogP contribution in [-0.4, -0.2) is 37.6 Å². The molecule has 48 valence electrons. The monoisotopic (exact) mass is 119 g/mol. The number of rotatable bonds is 4. The van der Waals surface area contributed by atoms with Crippen molar-refractivity contribution in [2.75, 3.05) is 26.3 Å². The average Bonchev–Trinajstić information content (AvgIpc) is 1.68. The third kappa shape index (κ3) is 3.74. The van der Waals surface area contributed by atoms with Crippen molar-refractivity contribution in [3.63, 3.8) is 0 Å². The lowest BCUT2D eigenvalue weighted by Crippen LogP contribution is -2.20. The van der Waals surface area contributed by atoms with E-state index >= 15 is 0 Å². The Kier molecular flexibility index (Phi) is 4.45. The Balaban J connectivity index is 3.06. The molecular weight excluding hydrogens is 107 g/mol. The van der Waals surface area contributed by atoms with Crippen LogP contribution in [0, 0.1) is 0 Å². The predicted molar refractivity (Wildman–Crippen MR) is 32.1 cm³/mol. The van der Waals surface area contributed by atoms with E-state index in [1.807, 2.05) is 0 Å². The number of hydrogen-bond acceptors (Lipinski definition) is 1. The Morgan fingerprint density at radius 2 is 2.12 bits per heavy atom. The van der Waals surface area contributed by atoms with Gasteiger partial charge in [0, 0.05) is 0 Å². The minimum atomic E-state index is -0.344. The fraction of sp³-hybridized carbons (Fsp3) is 0.800. The molecule has 0 bridgehead atoms. The van der Waals surface area contributed by atoms with Crippen molar-refractivity contribution in [3.05, 3.63) is 0 Å². The summed E-state index contributed by atoms with van der Waals surface area (Å²) in [6.07, 6.45) is 0. The van der Waals surface area contributed by atoms with Crippen LogP contribution >= 0.6 is 0 Å². The number of nitrogens with two attached hydrogens (primary N) is 1. The molecule has 0 saturated carbocycles. The Labute approximate surface area is 48.8 Å².